The Hall–Kier alpha value is -1.06. The summed E-state index contributed by atoms with van der Waals surface area (Å²) in [6.07, 6.45) is 0.999. The minimum Gasteiger partial charge on any atom is -0.487 e. The first-order valence-corrected chi connectivity index (χ1v) is 7.39. The van der Waals surface area contributed by atoms with Crippen molar-refractivity contribution in [3.8, 4) is 5.75 Å². The number of hydrogen-bond acceptors (Lipinski definition) is 3. The molecule has 1 aromatic carbocycles. The Morgan fingerprint density at radius 3 is 2.65 bits per heavy atom. The summed E-state index contributed by atoms with van der Waals surface area (Å²) in [6.45, 7) is 10.6. The molecular formula is C17H28N2O. The van der Waals surface area contributed by atoms with Gasteiger partial charge in [-0.2, -0.15) is 0 Å². The standard InChI is InChI=1S/C17H28N2O/c1-16(2,19(5)6)12-18-11-14-9-7-8-13-10-17(3,4)20-15(13)14/h7-9,18H,10-12H2,1-6H3. The molecule has 0 saturated carbocycles. The number of benzene rings is 1. The predicted molar refractivity (Wildman–Crippen MR) is 84.3 cm³/mol. The molecule has 0 saturated heterocycles. The van der Waals surface area contributed by atoms with Crippen molar-refractivity contribution >= 4 is 0 Å². The second-order valence-corrected chi connectivity index (χ2v) is 7.25. The lowest BCUT2D eigenvalue weighted by atomic mass is 10.0. The molecule has 1 aliphatic heterocycles. The Morgan fingerprint density at radius 2 is 2.00 bits per heavy atom. The largest absolute Gasteiger partial charge is 0.487 e. The van der Waals surface area contributed by atoms with Crippen LogP contribution >= 0.6 is 0 Å². The van der Waals surface area contributed by atoms with Crippen molar-refractivity contribution in [2.75, 3.05) is 20.6 Å². The van der Waals surface area contributed by atoms with Gasteiger partial charge in [-0.3, -0.25) is 0 Å². The molecule has 0 fully saturated rings. The zero-order valence-electron chi connectivity index (χ0n) is 13.7. The quantitative estimate of drug-likeness (QED) is 0.895. The number of para-hydroxylation sites is 1. The molecular weight excluding hydrogens is 248 g/mol. The lowest BCUT2D eigenvalue weighted by Gasteiger charge is -2.32. The topological polar surface area (TPSA) is 24.5 Å². The van der Waals surface area contributed by atoms with Crippen molar-refractivity contribution in [1.82, 2.24) is 10.2 Å². The normalized spacial score (nSPS) is 17.1. The number of nitrogens with one attached hydrogen (secondary N) is 1. The number of nitrogens with zero attached hydrogens (tertiary/aromatic N) is 1. The number of fused-ring (bicyclic) bond motifs is 1. The van der Waals surface area contributed by atoms with E-state index in [4.69, 9.17) is 4.74 Å². The molecule has 2 rings (SSSR count). The summed E-state index contributed by atoms with van der Waals surface area (Å²) in [6, 6.07) is 6.48. The van der Waals surface area contributed by atoms with E-state index in [9.17, 15) is 0 Å². The molecule has 1 N–H and O–H groups in total. The molecule has 1 heterocycles. The van der Waals surface area contributed by atoms with Crippen molar-refractivity contribution in [1.29, 1.82) is 0 Å². The summed E-state index contributed by atoms with van der Waals surface area (Å²) in [4.78, 5) is 2.25. The molecule has 0 amide bonds. The molecule has 0 unspecified atom stereocenters. The number of rotatable bonds is 5. The van der Waals surface area contributed by atoms with E-state index in [1.807, 2.05) is 0 Å². The first-order chi connectivity index (χ1) is 9.21. The molecule has 1 aromatic rings. The molecule has 0 aromatic heterocycles. The average molecular weight is 276 g/mol. The zero-order chi connectivity index (χ0) is 15.0. The van der Waals surface area contributed by atoms with Gasteiger partial charge in [-0.25, -0.2) is 0 Å². The molecule has 112 valence electrons. The van der Waals surface area contributed by atoms with E-state index >= 15 is 0 Å². The zero-order valence-corrected chi connectivity index (χ0v) is 13.7. The van der Waals surface area contributed by atoms with Crippen LogP contribution in [0.1, 0.15) is 38.8 Å². The van der Waals surface area contributed by atoms with Crippen LogP contribution in [-0.4, -0.2) is 36.7 Å². The smallest absolute Gasteiger partial charge is 0.127 e. The molecule has 0 radical (unpaired) electrons. The number of hydrogen-bond donors (Lipinski definition) is 1. The van der Waals surface area contributed by atoms with E-state index in [2.05, 4.69) is 70.2 Å². The highest BCUT2D eigenvalue weighted by Gasteiger charge is 2.31. The third-order valence-electron chi connectivity index (χ3n) is 4.26. The maximum atomic E-state index is 6.11. The van der Waals surface area contributed by atoms with Crippen molar-refractivity contribution in [2.45, 2.75) is 51.8 Å². The van der Waals surface area contributed by atoms with Gasteiger partial charge in [-0.05, 0) is 47.4 Å². The van der Waals surface area contributed by atoms with Gasteiger partial charge in [-0.15, -0.1) is 0 Å². The molecule has 1 aliphatic rings. The van der Waals surface area contributed by atoms with Crippen LogP contribution in [0.2, 0.25) is 0 Å². The van der Waals surface area contributed by atoms with Crippen LogP contribution in [0.25, 0.3) is 0 Å². The van der Waals surface area contributed by atoms with Gasteiger partial charge in [0, 0.05) is 30.6 Å². The SMILES string of the molecule is CN(C)C(C)(C)CNCc1cccc2c1OC(C)(C)C2. The van der Waals surface area contributed by atoms with Gasteiger partial charge in [0.1, 0.15) is 11.4 Å². The summed E-state index contributed by atoms with van der Waals surface area (Å²) in [5.74, 6) is 1.09. The lowest BCUT2D eigenvalue weighted by molar-refractivity contribution is 0.136. The minimum atomic E-state index is -0.0681. The van der Waals surface area contributed by atoms with E-state index in [0.29, 0.717) is 0 Å². The fourth-order valence-electron chi connectivity index (χ4n) is 2.48. The van der Waals surface area contributed by atoms with Crippen molar-refractivity contribution in [3.63, 3.8) is 0 Å². The highest BCUT2D eigenvalue weighted by atomic mass is 16.5. The van der Waals surface area contributed by atoms with Crippen LogP contribution in [0, 0.1) is 0 Å². The molecule has 0 spiro atoms. The molecule has 0 atom stereocenters. The van der Waals surface area contributed by atoms with Gasteiger partial charge in [0.2, 0.25) is 0 Å². The van der Waals surface area contributed by atoms with Gasteiger partial charge in [0.25, 0.3) is 0 Å². The van der Waals surface area contributed by atoms with Crippen LogP contribution < -0.4 is 10.1 Å². The Morgan fingerprint density at radius 1 is 1.30 bits per heavy atom. The summed E-state index contributed by atoms with van der Waals surface area (Å²) in [5, 5.41) is 3.56. The van der Waals surface area contributed by atoms with Crippen LogP contribution in [0.5, 0.6) is 5.75 Å². The van der Waals surface area contributed by atoms with Gasteiger partial charge < -0.3 is 15.0 Å². The third-order valence-corrected chi connectivity index (χ3v) is 4.26. The second kappa shape index (κ2) is 5.38. The van der Waals surface area contributed by atoms with E-state index in [0.717, 1.165) is 25.3 Å². The average Bonchev–Trinajstić information content (AvgIpc) is 2.63. The van der Waals surface area contributed by atoms with Crippen LogP contribution in [0.3, 0.4) is 0 Å². The predicted octanol–water partition coefficient (Wildman–Crippen LogP) is 2.83. The summed E-state index contributed by atoms with van der Waals surface area (Å²) >= 11 is 0. The monoisotopic (exact) mass is 276 g/mol. The van der Waals surface area contributed by atoms with Crippen molar-refractivity contribution < 1.29 is 4.74 Å². The Kier molecular flexibility index (Phi) is 4.12. The Bertz CT molecular complexity index is 478. The molecule has 0 bridgehead atoms. The highest BCUT2D eigenvalue weighted by molar-refractivity contribution is 5.45. The lowest BCUT2D eigenvalue weighted by Crippen LogP contribution is -2.46. The fraction of sp³-hybridized carbons (Fsp3) is 0.647. The number of likely N-dealkylation sites (N-methyl/N-ethyl adjacent to an activating group) is 1. The first-order valence-electron chi connectivity index (χ1n) is 7.39. The van der Waals surface area contributed by atoms with Gasteiger partial charge >= 0.3 is 0 Å². The van der Waals surface area contributed by atoms with E-state index in [1.165, 1.54) is 11.1 Å². The maximum Gasteiger partial charge on any atom is 0.127 e. The summed E-state index contributed by atoms with van der Waals surface area (Å²) in [7, 11) is 4.24. The van der Waals surface area contributed by atoms with Crippen LogP contribution in [0.4, 0.5) is 0 Å². The molecule has 0 aliphatic carbocycles. The van der Waals surface area contributed by atoms with Crippen molar-refractivity contribution in [3.05, 3.63) is 29.3 Å². The molecule has 20 heavy (non-hydrogen) atoms. The Labute approximate surface area is 123 Å². The first kappa shape index (κ1) is 15.3. The summed E-state index contributed by atoms with van der Waals surface area (Å²) in [5.41, 5.74) is 2.68. The summed E-state index contributed by atoms with van der Waals surface area (Å²) < 4.78 is 6.11. The van der Waals surface area contributed by atoms with Gasteiger partial charge in [0.15, 0.2) is 0 Å². The fourth-order valence-corrected chi connectivity index (χ4v) is 2.48. The van der Waals surface area contributed by atoms with Gasteiger partial charge in [0.05, 0.1) is 0 Å². The molecule has 3 nitrogen and oxygen atoms in total. The second-order valence-electron chi connectivity index (χ2n) is 7.25. The molecule has 3 heteroatoms. The van der Waals surface area contributed by atoms with Crippen LogP contribution in [0.15, 0.2) is 18.2 Å². The maximum absolute atomic E-state index is 6.11. The highest BCUT2D eigenvalue weighted by Crippen LogP contribution is 2.37. The van der Waals surface area contributed by atoms with Crippen LogP contribution in [-0.2, 0) is 13.0 Å². The van der Waals surface area contributed by atoms with Gasteiger partial charge in [-0.1, -0.05) is 18.2 Å². The Balaban J connectivity index is 2.01. The van der Waals surface area contributed by atoms with E-state index < -0.39 is 0 Å². The minimum absolute atomic E-state index is 0.0681. The van der Waals surface area contributed by atoms with E-state index in [-0.39, 0.29) is 11.1 Å². The third kappa shape index (κ3) is 3.33. The number of ether oxygens (including phenoxy) is 1. The van der Waals surface area contributed by atoms with E-state index in [1.54, 1.807) is 0 Å². The van der Waals surface area contributed by atoms with Crippen molar-refractivity contribution in [2.24, 2.45) is 0 Å².